The lowest BCUT2D eigenvalue weighted by Crippen LogP contribution is -2.29. The minimum atomic E-state index is -0.203. The molecule has 0 saturated heterocycles. The molecule has 1 aliphatic carbocycles. The van der Waals surface area contributed by atoms with Crippen molar-refractivity contribution in [1.82, 2.24) is 5.32 Å². The molecule has 104 valence electrons. The van der Waals surface area contributed by atoms with Gasteiger partial charge in [0.05, 0.1) is 6.10 Å². The highest BCUT2D eigenvalue weighted by Crippen LogP contribution is 2.23. The van der Waals surface area contributed by atoms with E-state index in [0.29, 0.717) is 5.92 Å². The van der Waals surface area contributed by atoms with Gasteiger partial charge in [-0.1, -0.05) is 30.7 Å². The molecule has 0 bridgehead atoms. The molecule has 1 saturated carbocycles. The van der Waals surface area contributed by atoms with E-state index in [1.165, 1.54) is 18.6 Å². The Kier molecular flexibility index (Phi) is 5.55. The van der Waals surface area contributed by atoms with Crippen LogP contribution in [0.2, 0.25) is 0 Å². The van der Waals surface area contributed by atoms with Crippen molar-refractivity contribution in [1.29, 1.82) is 0 Å². The van der Waals surface area contributed by atoms with Crippen molar-refractivity contribution in [2.75, 3.05) is 13.1 Å². The van der Waals surface area contributed by atoms with Crippen molar-refractivity contribution >= 4 is 6.08 Å². The number of rotatable bonds is 5. The molecule has 0 aromatic heterocycles. The molecule has 0 aliphatic heterocycles. The number of hydrogen-bond donors (Lipinski definition) is 2. The van der Waals surface area contributed by atoms with Crippen LogP contribution in [0.5, 0.6) is 0 Å². The third-order valence-corrected chi connectivity index (χ3v) is 3.63. The van der Waals surface area contributed by atoms with Gasteiger partial charge in [0.1, 0.15) is 5.82 Å². The van der Waals surface area contributed by atoms with E-state index in [1.54, 1.807) is 12.1 Å². The molecule has 2 nitrogen and oxygen atoms in total. The summed E-state index contributed by atoms with van der Waals surface area (Å²) in [6, 6.07) is 6.47. The van der Waals surface area contributed by atoms with Crippen LogP contribution in [0, 0.1) is 11.7 Å². The second-order valence-corrected chi connectivity index (χ2v) is 5.30. The molecule has 2 unspecified atom stereocenters. The Hall–Kier alpha value is -1.19. The van der Waals surface area contributed by atoms with Crippen LogP contribution in [0.4, 0.5) is 4.39 Å². The molecule has 0 heterocycles. The van der Waals surface area contributed by atoms with Crippen LogP contribution >= 0.6 is 0 Å². The largest absolute Gasteiger partial charge is 0.393 e. The number of halogens is 1. The summed E-state index contributed by atoms with van der Waals surface area (Å²) >= 11 is 0. The Morgan fingerprint density at radius 1 is 1.26 bits per heavy atom. The van der Waals surface area contributed by atoms with Crippen molar-refractivity contribution < 1.29 is 9.50 Å². The lowest BCUT2D eigenvalue weighted by atomic mass is 9.87. The van der Waals surface area contributed by atoms with Gasteiger partial charge in [0.15, 0.2) is 0 Å². The molecule has 3 heteroatoms. The Morgan fingerprint density at radius 2 is 2.05 bits per heavy atom. The van der Waals surface area contributed by atoms with E-state index >= 15 is 0 Å². The summed E-state index contributed by atoms with van der Waals surface area (Å²) in [5.41, 5.74) is 1.01. The molecule has 1 fully saturated rings. The Bertz CT molecular complexity index is 402. The maximum atomic E-state index is 12.7. The van der Waals surface area contributed by atoms with Gasteiger partial charge < -0.3 is 10.4 Å². The van der Waals surface area contributed by atoms with Crippen molar-refractivity contribution in [3.8, 4) is 0 Å². The predicted molar refractivity (Wildman–Crippen MR) is 76.3 cm³/mol. The molecule has 19 heavy (non-hydrogen) atoms. The number of aliphatic hydroxyl groups excluding tert-OH is 1. The Morgan fingerprint density at radius 3 is 2.79 bits per heavy atom. The first-order valence-corrected chi connectivity index (χ1v) is 7.05. The zero-order valence-electron chi connectivity index (χ0n) is 11.2. The van der Waals surface area contributed by atoms with Gasteiger partial charge in [-0.15, -0.1) is 0 Å². The monoisotopic (exact) mass is 263 g/mol. The van der Waals surface area contributed by atoms with Crippen molar-refractivity contribution in [2.45, 2.75) is 31.8 Å². The average Bonchev–Trinajstić information content (AvgIpc) is 2.41. The van der Waals surface area contributed by atoms with E-state index in [1.807, 2.05) is 12.2 Å². The third kappa shape index (κ3) is 5.13. The lowest BCUT2D eigenvalue weighted by molar-refractivity contribution is 0.101. The fraction of sp³-hybridized carbons (Fsp3) is 0.500. The van der Waals surface area contributed by atoms with Crippen LogP contribution in [-0.4, -0.2) is 24.3 Å². The summed E-state index contributed by atoms with van der Waals surface area (Å²) in [6.45, 7) is 1.77. The summed E-state index contributed by atoms with van der Waals surface area (Å²) in [5.74, 6) is 0.397. The molecule has 1 aromatic rings. The molecule has 0 amide bonds. The van der Waals surface area contributed by atoms with Gasteiger partial charge in [-0.05, 0) is 49.4 Å². The Labute approximate surface area is 114 Å². The highest BCUT2D eigenvalue weighted by Gasteiger charge is 2.19. The van der Waals surface area contributed by atoms with Crippen LogP contribution in [0.25, 0.3) is 6.08 Å². The van der Waals surface area contributed by atoms with Crippen molar-refractivity contribution in [2.24, 2.45) is 5.92 Å². The minimum Gasteiger partial charge on any atom is -0.393 e. The van der Waals surface area contributed by atoms with E-state index in [9.17, 15) is 9.50 Å². The fourth-order valence-electron chi connectivity index (χ4n) is 2.59. The highest BCUT2D eigenvalue weighted by molar-refractivity contribution is 5.48. The molecule has 2 N–H and O–H groups in total. The van der Waals surface area contributed by atoms with Crippen LogP contribution in [0.15, 0.2) is 30.3 Å². The SMILES string of the molecule is OC1CCCC(CNC/C=C/c2ccc(F)cc2)C1. The first-order valence-electron chi connectivity index (χ1n) is 7.05. The number of benzene rings is 1. The normalized spacial score (nSPS) is 23.9. The second-order valence-electron chi connectivity index (χ2n) is 5.30. The average molecular weight is 263 g/mol. The van der Waals surface area contributed by atoms with Crippen LogP contribution in [-0.2, 0) is 0 Å². The zero-order chi connectivity index (χ0) is 13.5. The Balaban J connectivity index is 1.64. The van der Waals surface area contributed by atoms with Gasteiger partial charge in [-0.3, -0.25) is 0 Å². The summed E-state index contributed by atoms with van der Waals surface area (Å²) in [6.07, 6.45) is 8.17. The van der Waals surface area contributed by atoms with Gasteiger partial charge in [-0.25, -0.2) is 4.39 Å². The fourth-order valence-corrected chi connectivity index (χ4v) is 2.59. The van der Waals surface area contributed by atoms with Crippen molar-refractivity contribution in [3.05, 3.63) is 41.7 Å². The molecule has 2 rings (SSSR count). The topological polar surface area (TPSA) is 32.3 Å². The highest BCUT2D eigenvalue weighted by atomic mass is 19.1. The predicted octanol–water partition coefficient (Wildman–Crippen LogP) is 2.98. The van der Waals surface area contributed by atoms with E-state index in [4.69, 9.17) is 0 Å². The summed E-state index contributed by atoms with van der Waals surface area (Å²) < 4.78 is 12.7. The molecule has 0 radical (unpaired) electrons. The molecule has 1 aromatic carbocycles. The smallest absolute Gasteiger partial charge is 0.123 e. The molecule has 2 atom stereocenters. The second kappa shape index (κ2) is 7.41. The van der Waals surface area contributed by atoms with Gasteiger partial charge in [0, 0.05) is 6.54 Å². The molecule has 0 spiro atoms. The minimum absolute atomic E-state index is 0.102. The van der Waals surface area contributed by atoms with E-state index < -0.39 is 0 Å². The van der Waals surface area contributed by atoms with Gasteiger partial charge in [-0.2, -0.15) is 0 Å². The molecular weight excluding hydrogens is 241 g/mol. The van der Waals surface area contributed by atoms with Gasteiger partial charge >= 0.3 is 0 Å². The quantitative estimate of drug-likeness (QED) is 0.800. The zero-order valence-corrected chi connectivity index (χ0v) is 11.2. The standard InChI is InChI=1S/C16H22FNO/c17-15-8-6-13(7-9-15)4-2-10-18-12-14-3-1-5-16(19)11-14/h2,4,6-9,14,16,18-19H,1,3,5,10-12H2/b4-2+. The summed E-state index contributed by atoms with van der Waals surface area (Å²) in [7, 11) is 0. The van der Waals surface area contributed by atoms with E-state index in [-0.39, 0.29) is 11.9 Å². The number of nitrogens with one attached hydrogen (secondary N) is 1. The maximum Gasteiger partial charge on any atom is 0.123 e. The van der Waals surface area contributed by atoms with Crippen LogP contribution in [0.1, 0.15) is 31.2 Å². The molecule has 1 aliphatic rings. The van der Waals surface area contributed by atoms with E-state index in [2.05, 4.69) is 5.32 Å². The first-order chi connectivity index (χ1) is 9.24. The van der Waals surface area contributed by atoms with Crippen molar-refractivity contribution in [3.63, 3.8) is 0 Å². The number of hydrogen-bond acceptors (Lipinski definition) is 2. The first kappa shape index (κ1) is 14.2. The summed E-state index contributed by atoms with van der Waals surface area (Å²) in [4.78, 5) is 0. The number of aliphatic hydroxyl groups is 1. The van der Waals surface area contributed by atoms with Crippen LogP contribution < -0.4 is 5.32 Å². The third-order valence-electron chi connectivity index (χ3n) is 3.63. The van der Waals surface area contributed by atoms with Crippen LogP contribution in [0.3, 0.4) is 0 Å². The lowest BCUT2D eigenvalue weighted by Gasteiger charge is -2.25. The van der Waals surface area contributed by atoms with Gasteiger partial charge in [0.25, 0.3) is 0 Å². The van der Waals surface area contributed by atoms with E-state index in [0.717, 1.165) is 37.9 Å². The summed E-state index contributed by atoms with van der Waals surface area (Å²) in [5, 5.41) is 13.0. The van der Waals surface area contributed by atoms with Gasteiger partial charge in [0.2, 0.25) is 0 Å². The maximum absolute atomic E-state index is 12.7. The molecular formula is C16H22FNO.